The molecule has 0 unspecified atom stereocenters. The van der Waals surface area contributed by atoms with Crippen molar-refractivity contribution >= 4 is 23.2 Å². The number of amides is 1. The fourth-order valence-electron chi connectivity index (χ4n) is 2.09. The van der Waals surface area contributed by atoms with Gasteiger partial charge in [-0.05, 0) is 18.8 Å². The number of hydrogen-bond acceptors (Lipinski definition) is 3. The molecule has 1 aromatic rings. The Labute approximate surface area is 109 Å². The predicted octanol–water partition coefficient (Wildman–Crippen LogP) is 2.01. The molecule has 0 aromatic carbocycles. The van der Waals surface area contributed by atoms with Crippen LogP contribution in [-0.4, -0.2) is 39.7 Å². The van der Waals surface area contributed by atoms with Crippen molar-refractivity contribution < 1.29 is 9.72 Å². The highest BCUT2D eigenvalue weighted by Gasteiger charge is 2.29. The maximum absolute atomic E-state index is 12.0. The zero-order chi connectivity index (χ0) is 13.3. The van der Waals surface area contributed by atoms with Crippen LogP contribution < -0.4 is 0 Å². The molecule has 1 amide bonds. The van der Waals surface area contributed by atoms with E-state index in [4.69, 9.17) is 11.6 Å². The minimum atomic E-state index is -0.530. The molecule has 1 aromatic heterocycles. The van der Waals surface area contributed by atoms with E-state index in [1.165, 1.54) is 12.3 Å². The summed E-state index contributed by atoms with van der Waals surface area (Å²) < 4.78 is 0. The second-order valence-corrected chi connectivity index (χ2v) is 5.27. The molecule has 1 N–H and O–H groups in total. The van der Waals surface area contributed by atoms with Gasteiger partial charge in [0, 0.05) is 25.0 Å². The number of halogens is 1. The monoisotopic (exact) mass is 271 g/mol. The first kappa shape index (κ1) is 12.9. The number of alkyl halides is 1. The molecule has 18 heavy (non-hydrogen) atoms. The van der Waals surface area contributed by atoms with Crippen LogP contribution in [0.1, 0.15) is 23.3 Å². The summed E-state index contributed by atoms with van der Waals surface area (Å²) >= 11 is 5.88. The highest BCUT2D eigenvalue weighted by Crippen LogP contribution is 2.32. The summed E-state index contributed by atoms with van der Waals surface area (Å²) in [7, 11) is 1.69. The fraction of sp³-hybridized carbons (Fsp3) is 0.545. The molecule has 0 saturated heterocycles. The molecule has 0 aliphatic heterocycles. The first-order valence-corrected chi connectivity index (χ1v) is 6.13. The average molecular weight is 272 g/mol. The maximum Gasteiger partial charge on any atom is 0.287 e. The quantitative estimate of drug-likeness (QED) is 0.517. The van der Waals surface area contributed by atoms with Crippen molar-refractivity contribution in [2.45, 2.75) is 18.2 Å². The molecule has 0 radical (unpaired) electrons. The molecule has 1 fully saturated rings. The Hall–Kier alpha value is -1.56. The number of carbonyl (C=O) groups is 1. The van der Waals surface area contributed by atoms with E-state index in [1.54, 1.807) is 11.9 Å². The lowest BCUT2D eigenvalue weighted by Gasteiger charge is -2.33. The summed E-state index contributed by atoms with van der Waals surface area (Å²) in [6.45, 7) is 0.634. The number of carbonyl (C=O) groups excluding carboxylic acids is 1. The van der Waals surface area contributed by atoms with E-state index >= 15 is 0 Å². The van der Waals surface area contributed by atoms with Gasteiger partial charge >= 0.3 is 0 Å². The van der Waals surface area contributed by atoms with Gasteiger partial charge in [-0.15, -0.1) is 11.6 Å². The van der Waals surface area contributed by atoms with E-state index in [0.29, 0.717) is 12.5 Å². The molecule has 0 atom stereocenters. The van der Waals surface area contributed by atoms with Crippen LogP contribution in [-0.2, 0) is 0 Å². The van der Waals surface area contributed by atoms with E-state index in [9.17, 15) is 14.9 Å². The van der Waals surface area contributed by atoms with Crippen LogP contribution >= 0.6 is 11.6 Å². The molecule has 0 bridgehead atoms. The van der Waals surface area contributed by atoms with Crippen molar-refractivity contribution in [3.8, 4) is 0 Å². The standard InChI is InChI=1S/C11H14ClN3O3/c1-14(6-7-2-8(12)3-7)11(16)10-4-9(5-13-10)15(17)18/h4-5,7-8,13H,2-3,6H2,1H3. The van der Waals surface area contributed by atoms with Crippen LogP contribution in [0.25, 0.3) is 0 Å². The van der Waals surface area contributed by atoms with Crippen molar-refractivity contribution in [1.29, 1.82) is 0 Å². The smallest absolute Gasteiger partial charge is 0.287 e. The molecule has 1 aliphatic carbocycles. The molecule has 7 heteroatoms. The summed E-state index contributed by atoms with van der Waals surface area (Å²) in [5, 5.41) is 10.7. The van der Waals surface area contributed by atoms with Crippen molar-refractivity contribution in [3.63, 3.8) is 0 Å². The van der Waals surface area contributed by atoms with Gasteiger partial charge in [-0.1, -0.05) is 0 Å². The zero-order valence-corrected chi connectivity index (χ0v) is 10.7. The summed E-state index contributed by atoms with van der Waals surface area (Å²) in [6, 6.07) is 1.25. The second kappa shape index (κ2) is 4.97. The van der Waals surface area contributed by atoms with Crippen LogP contribution in [0.5, 0.6) is 0 Å². The number of aromatic nitrogens is 1. The summed E-state index contributed by atoms with van der Waals surface area (Å²) in [5.74, 6) is 0.201. The van der Waals surface area contributed by atoms with E-state index < -0.39 is 4.92 Å². The summed E-state index contributed by atoms with van der Waals surface area (Å²) in [4.78, 5) is 26.2. The maximum atomic E-state index is 12.0. The lowest BCUT2D eigenvalue weighted by Crippen LogP contribution is -2.38. The number of aromatic amines is 1. The Morgan fingerprint density at radius 1 is 1.67 bits per heavy atom. The average Bonchev–Trinajstić information content (AvgIpc) is 2.75. The zero-order valence-electron chi connectivity index (χ0n) is 9.93. The molecule has 0 spiro atoms. The Bertz CT molecular complexity index is 468. The van der Waals surface area contributed by atoms with Crippen molar-refractivity contribution in [1.82, 2.24) is 9.88 Å². The third-order valence-electron chi connectivity index (χ3n) is 3.17. The van der Waals surface area contributed by atoms with Gasteiger partial charge in [-0.25, -0.2) is 0 Å². The van der Waals surface area contributed by atoms with Gasteiger partial charge in [0.2, 0.25) is 0 Å². The number of hydrogen-bond donors (Lipinski definition) is 1. The Morgan fingerprint density at radius 3 is 2.83 bits per heavy atom. The van der Waals surface area contributed by atoms with Crippen LogP contribution in [0.15, 0.2) is 12.3 Å². The molecule has 6 nitrogen and oxygen atoms in total. The number of nitrogens with one attached hydrogen (secondary N) is 1. The van der Waals surface area contributed by atoms with E-state index in [0.717, 1.165) is 12.8 Å². The number of nitro groups is 1. The van der Waals surface area contributed by atoms with Crippen LogP contribution in [0.2, 0.25) is 0 Å². The van der Waals surface area contributed by atoms with Crippen LogP contribution in [0.4, 0.5) is 5.69 Å². The lowest BCUT2D eigenvalue weighted by atomic mass is 9.84. The van der Waals surface area contributed by atoms with Gasteiger partial charge in [0.05, 0.1) is 11.1 Å². The Morgan fingerprint density at radius 2 is 2.33 bits per heavy atom. The van der Waals surface area contributed by atoms with Gasteiger partial charge in [0.15, 0.2) is 0 Å². The molecule has 1 saturated carbocycles. The third kappa shape index (κ3) is 2.64. The van der Waals surface area contributed by atoms with Gasteiger partial charge in [-0.3, -0.25) is 14.9 Å². The van der Waals surface area contributed by atoms with E-state index in [1.807, 2.05) is 0 Å². The molecular formula is C11H14ClN3O3. The third-order valence-corrected chi connectivity index (χ3v) is 3.52. The molecule has 1 aliphatic rings. The highest BCUT2D eigenvalue weighted by molar-refractivity contribution is 6.21. The minimum absolute atomic E-state index is 0.101. The SMILES string of the molecule is CN(CC1CC(Cl)C1)C(=O)c1cc([N+](=O)[O-])c[nH]1. The summed E-state index contributed by atoms with van der Waals surface area (Å²) in [6.07, 6.45) is 3.06. The Kier molecular flexibility index (Phi) is 3.56. The van der Waals surface area contributed by atoms with Gasteiger partial charge in [-0.2, -0.15) is 0 Å². The number of H-pyrrole nitrogens is 1. The van der Waals surface area contributed by atoms with Gasteiger partial charge < -0.3 is 9.88 Å². The Balaban J connectivity index is 1.94. The first-order valence-electron chi connectivity index (χ1n) is 5.69. The van der Waals surface area contributed by atoms with Crippen LogP contribution in [0, 0.1) is 16.0 Å². The van der Waals surface area contributed by atoms with Crippen molar-refractivity contribution in [3.05, 3.63) is 28.1 Å². The molecule has 98 valence electrons. The predicted molar refractivity (Wildman–Crippen MR) is 66.8 cm³/mol. The van der Waals surface area contributed by atoms with Gasteiger partial charge in [0.1, 0.15) is 5.69 Å². The number of rotatable bonds is 4. The molecule has 2 rings (SSSR count). The largest absolute Gasteiger partial charge is 0.351 e. The second-order valence-electron chi connectivity index (χ2n) is 4.65. The lowest BCUT2D eigenvalue weighted by molar-refractivity contribution is -0.384. The fourth-order valence-corrected chi connectivity index (χ4v) is 2.59. The molecule has 1 heterocycles. The topological polar surface area (TPSA) is 79.2 Å². The summed E-state index contributed by atoms with van der Waals surface area (Å²) in [5.41, 5.74) is 0.141. The van der Waals surface area contributed by atoms with Crippen molar-refractivity contribution in [2.24, 2.45) is 5.92 Å². The minimum Gasteiger partial charge on any atom is -0.351 e. The normalized spacial score (nSPS) is 22.3. The number of nitrogens with zero attached hydrogens (tertiary/aromatic N) is 2. The van der Waals surface area contributed by atoms with Gasteiger partial charge in [0.25, 0.3) is 11.6 Å². The van der Waals surface area contributed by atoms with E-state index in [-0.39, 0.29) is 22.7 Å². The van der Waals surface area contributed by atoms with Crippen molar-refractivity contribution in [2.75, 3.05) is 13.6 Å². The van der Waals surface area contributed by atoms with E-state index in [2.05, 4.69) is 4.98 Å². The highest BCUT2D eigenvalue weighted by atomic mass is 35.5. The molecular weight excluding hydrogens is 258 g/mol. The van der Waals surface area contributed by atoms with Crippen LogP contribution in [0.3, 0.4) is 0 Å². The first-order chi connectivity index (χ1) is 8.47.